The summed E-state index contributed by atoms with van der Waals surface area (Å²) < 4.78 is 27.3. The van der Waals surface area contributed by atoms with Gasteiger partial charge in [0.25, 0.3) is 0 Å². The third kappa shape index (κ3) is 3.29. The van der Waals surface area contributed by atoms with Crippen molar-refractivity contribution >= 4 is 40.7 Å². The fraction of sp³-hybridized carbons (Fsp3) is 0.621. The van der Waals surface area contributed by atoms with E-state index < -0.39 is 57.4 Å². The standard InChI is InChI=1S/C29H34ClFO6S/c1-14-9-16(3)38-23(14)24(34)37-29(25(35)36-6)15(2)10-18-19-12-21(31)20-11-17(32)7-8-26(20,4)28(19,30)22(33)13-27(18,29)5/h7-9,11,15,18-19,21-22,33H,10,12-13H2,1-6H3/t15-,18?,19?,21-,22-,26-,27-,28-,29-/m0/s1. The predicted molar refractivity (Wildman–Crippen MR) is 142 cm³/mol. The molecule has 0 aromatic carbocycles. The van der Waals surface area contributed by atoms with Gasteiger partial charge in [-0.15, -0.1) is 22.9 Å². The summed E-state index contributed by atoms with van der Waals surface area (Å²) in [4.78, 5) is 39.4. The number of methoxy groups -OCH3 is 1. The van der Waals surface area contributed by atoms with Crippen LogP contribution in [0.4, 0.5) is 4.39 Å². The summed E-state index contributed by atoms with van der Waals surface area (Å²) in [5.41, 5.74) is -2.85. The van der Waals surface area contributed by atoms with Crippen molar-refractivity contribution in [1.29, 1.82) is 0 Å². The van der Waals surface area contributed by atoms with Crippen LogP contribution in [0.5, 0.6) is 0 Å². The Morgan fingerprint density at radius 2 is 1.89 bits per heavy atom. The first kappa shape index (κ1) is 27.5. The Labute approximate surface area is 231 Å². The number of alkyl halides is 2. The molecule has 6 nitrogen and oxygen atoms in total. The first-order chi connectivity index (χ1) is 17.7. The number of aliphatic hydroxyl groups excluding tert-OH is 1. The molecule has 4 aliphatic carbocycles. The van der Waals surface area contributed by atoms with E-state index in [1.807, 2.05) is 33.8 Å². The average molecular weight is 565 g/mol. The van der Waals surface area contributed by atoms with Gasteiger partial charge in [0.05, 0.1) is 18.1 Å². The Hall–Kier alpha value is -2.03. The highest BCUT2D eigenvalue weighted by Crippen LogP contribution is 2.72. The van der Waals surface area contributed by atoms with Crippen molar-refractivity contribution in [2.24, 2.45) is 28.6 Å². The lowest BCUT2D eigenvalue weighted by molar-refractivity contribution is -0.199. The number of carbonyl (C=O) groups excluding carboxylic acids is 3. The van der Waals surface area contributed by atoms with Crippen molar-refractivity contribution in [2.45, 2.75) is 76.6 Å². The summed E-state index contributed by atoms with van der Waals surface area (Å²) in [6.07, 6.45) is 2.13. The fourth-order valence-electron chi connectivity index (χ4n) is 8.41. The van der Waals surface area contributed by atoms with E-state index in [4.69, 9.17) is 21.1 Å². The number of allylic oxidation sites excluding steroid dienone is 4. The molecular weight excluding hydrogens is 531 g/mol. The molecular formula is C29H34ClFO6S. The quantitative estimate of drug-likeness (QED) is 0.397. The topological polar surface area (TPSA) is 89.9 Å². The van der Waals surface area contributed by atoms with Crippen LogP contribution in [0.25, 0.3) is 0 Å². The summed E-state index contributed by atoms with van der Waals surface area (Å²) in [5, 5.41) is 11.8. The number of esters is 2. The van der Waals surface area contributed by atoms with Crippen molar-refractivity contribution in [3.63, 3.8) is 0 Å². The van der Waals surface area contributed by atoms with Crippen LogP contribution in [0.2, 0.25) is 0 Å². The molecule has 0 saturated heterocycles. The molecule has 1 heterocycles. The third-order valence-corrected chi connectivity index (χ3v) is 12.2. The van der Waals surface area contributed by atoms with Crippen LogP contribution in [0, 0.1) is 42.4 Å². The van der Waals surface area contributed by atoms with Crippen LogP contribution in [0.3, 0.4) is 0 Å². The van der Waals surface area contributed by atoms with E-state index in [9.17, 15) is 19.5 Å². The van der Waals surface area contributed by atoms with Crippen LogP contribution >= 0.6 is 22.9 Å². The van der Waals surface area contributed by atoms with Crippen molar-refractivity contribution in [3.8, 4) is 0 Å². The number of ether oxygens (including phenoxy) is 2. The van der Waals surface area contributed by atoms with E-state index in [1.54, 1.807) is 13.0 Å². The zero-order valence-corrected chi connectivity index (χ0v) is 24.0. The van der Waals surface area contributed by atoms with Gasteiger partial charge in [-0.05, 0) is 74.3 Å². The van der Waals surface area contributed by atoms with Crippen LogP contribution < -0.4 is 0 Å². The second-order valence-electron chi connectivity index (χ2n) is 12.0. The Balaban J connectivity index is 1.63. The minimum atomic E-state index is -1.70. The Morgan fingerprint density at radius 3 is 2.50 bits per heavy atom. The summed E-state index contributed by atoms with van der Waals surface area (Å²) in [6.45, 7) is 9.15. The van der Waals surface area contributed by atoms with E-state index in [2.05, 4.69) is 0 Å². The van der Waals surface area contributed by atoms with E-state index in [-0.39, 0.29) is 30.1 Å². The molecule has 5 rings (SSSR count). The average Bonchev–Trinajstić information content (AvgIpc) is 3.30. The van der Waals surface area contributed by atoms with E-state index >= 15 is 4.39 Å². The predicted octanol–water partition coefficient (Wildman–Crippen LogP) is 5.27. The second kappa shape index (κ2) is 8.73. The summed E-state index contributed by atoms with van der Waals surface area (Å²) in [5.74, 6) is -3.02. The van der Waals surface area contributed by atoms with Crippen molar-refractivity contribution < 1.29 is 33.4 Å². The molecule has 0 spiro atoms. The molecule has 0 amide bonds. The van der Waals surface area contributed by atoms with Gasteiger partial charge in [0.1, 0.15) is 11.0 Å². The van der Waals surface area contributed by atoms with Crippen LogP contribution in [0.1, 0.15) is 60.1 Å². The molecule has 0 bridgehead atoms. The molecule has 1 aromatic rings. The molecule has 4 aliphatic rings. The Bertz CT molecular complexity index is 1290. The molecule has 0 aliphatic heterocycles. The molecule has 3 saturated carbocycles. The van der Waals surface area contributed by atoms with E-state index in [0.29, 0.717) is 11.3 Å². The second-order valence-corrected chi connectivity index (χ2v) is 13.9. The highest BCUT2D eigenvalue weighted by Gasteiger charge is 2.78. The van der Waals surface area contributed by atoms with E-state index in [1.165, 1.54) is 30.6 Å². The number of halogens is 2. The van der Waals surface area contributed by atoms with Crippen molar-refractivity contribution in [2.75, 3.05) is 7.11 Å². The van der Waals surface area contributed by atoms with Gasteiger partial charge in [0.15, 0.2) is 5.78 Å². The molecule has 2 unspecified atom stereocenters. The van der Waals surface area contributed by atoms with Gasteiger partial charge in [-0.2, -0.15) is 0 Å². The Kier molecular flexibility index (Phi) is 6.33. The Morgan fingerprint density at radius 1 is 1.21 bits per heavy atom. The number of fused-ring (bicyclic) bond motifs is 5. The van der Waals surface area contributed by atoms with Crippen LogP contribution in [-0.4, -0.2) is 52.7 Å². The molecule has 206 valence electrons. The molecule has 9 atom stereocenters. The maximum atomic E-state index is 15.8. The monoisotopic (exact) mass is 564 g/mol. The normalized spacial score (nSPS) is 43.6. The van der Waals surface area contributed by atoms with Gasteiger partial charge >= 0.3 is 11.9 Å². The maximum Gasteiger partial charge on any atom is 0.351 e. The van der Waals surface area contributed by atoms with Gasteiger partial charge in [0, 0.05) is 21.6 Å². The van der Waals surface area contributed by atoms with E-state index in [0.717, 1.165) is 10.4 Å². The van der Waals surface area contributed by atoms with Gasteiger partial charge < -0.3 is 14.6 Å². The largest absolute Gasteiger partial charge is 0.466 e. The number of hydrogen-bond acceptors (Lipinski definition) is 7. The summed E-state index contributed by atoms with van der Waals surface area (Å²) in [7, 11) is 1.26. The lowest BCUT2D eigenvalue weighted by atomic mass is 9.45. The van der Waals surface area contributed by atoms with Crippen LogP contribution in [0.15, 0.2) is 29.9 Å². The molecule has 0 radical (unpaired) electrons. The van der Waals surface area contributed by atoms with Gasteiger partial charge in [0.2, 0.25) is 5.60 Å². The number of rotatable bonds is 3. The highest BCUT2D eigenvalue weighted by molar-refractivity contribution is 7.14. The van der Waals surface area contributed by atoms with Crippen molar-refractivity contribution in [1.82, 2.24) is 0 Å². The SMILES string of the molecule is COC(=O)[C@@]1(OC(=O)c2sc(C)cc2C)[C@@H](C)CC2C3C[C@H](F)C4=CC(=O)C=C[C@]4(C)[C@@]3(Cl)[C@@H](O)C[C@@]21C. The maximum absolute atomic E-state index is 15.8. The van der Waals surface area contributed by atoms with Crippen molar-refractivity contribution in [3.05, 3.63) is 45.2 Å². The molecule has 1 aromatic heterocycles. The van der Waals surface area contributed by atoms with Gasteiger partial charge in [-0.25, -0.2) is 14.0 Å². The highest BCUT2D eigenvalue weighted by atomic mass is 35.5. The molecule has 9 heteroatoms. The van der Waals surface area contributed by atoms with Crippen LogP contribution in [-0.2, 0) is 19.1 Å². The number of aryl methyl sites for hydroxylation is 2. The minimum absolute atomic E-state index is 0.00942. The number of aliphatic hydroxyl groups is 1. The zero-order valence-electron chi connectivity index (χ0n) is 22.5. The smallest absolute Gasteiger partial charge is 0.351 e. The lowest BCUT2D eigenvalue weighted by Crippen LogP contribution is -2.70. The number of ketones is 1. The third-order valence-electron chi connectivity index (χ3n) is 10.1. The summed E-state index contributed by atoms with van der Waals surface area (Å²) >= 11 is 8.72. The fourth-order valence-corrected chi connectivity index (χ4v) is 9.80. The molecule has 38 heavy (non-hydrogen) atoms. The minimum Gasteiger partial charge on any atom is -0.466 e. The van der Waals surface area contributed by atoms with Gasteiger partial charge in [-0.1, -0.05) is 26.8 Å². The van der Waals surface area contributed by atoms with Gasteiger partial charge in [-0.3, -0.25) is 4.79 Å². The molecule has 3 fully saturated rings. The number of hydrogen-bond donors (Lipinski definition) is 1. The summed E-state index contributed by atoms with van der Waals surface area (Å²) in [6, 6.07) is 1.89. The first-order valence-electron chi connectivity index (χ1n) is 13.0. The first-order valence-corrected chi connectivity index (χ1v) is 14.2. The molecule has 1 N–H and O–H groups in total. The lowest BCUT2D eigenvalue weighted by Gasteiger charge is -2.64. The number of carbonyl (C=O) groups is 3. The number of thiophene rings is 1. The zero-order chi connectivity index (χ0) is 28.0.